The summed E-state index contributed by atoms with van der Waals surface area (Å²) >= 11 is 0. The second kappa shape index (κ2) is 10.8. The summed E-state index contributed by atoms with van der Waals surface area (Å²) in [7, 11) is 1.65. The van der Waals surface area contributed by atoms with Crippen molar-refractivity contribution in [3.8, 4) is 0 Å². The molecular weight excluding hydrogens is 471 g/mol. The lowest BCUT2D eigenvalue weighted by atomic mass is 9.91. The number of halogens is 3. The van der Waals surface area contributed by atoms with E-state index < -0.39 is 18.4 Å². The number of para-hydroxylation sites is 1. The number of carbonyl (C=O) groups is 2. The van der Waals surface area contributed by atoms with Crippen molar-refractivity contribution in [3.05, 3.63) is 65.1 Å². The first kappa shape index (κ1) is 25.9. The van der Waals surface area contributed by atoms with Crippen LogP contribution in [0.25, 0.3) is 10.9 Å². The number of methoxy groups -OCH3 is 1. The number of rotatable bonds is 8. The van der Waals surface area contributed by atoms with Gasteiger partial charge in [-0.1, -0.05) is 18.2 Å². The van der Waals surface area contributed by atoms with E-state index in [9.17, 15) is 22.8 Å². The van der Waals surface area contributed by atoms with Crippen LogP contribution >= 0.6 is 0 Å². The summed E-state index contributed by atoms with van der Waals surface area (Å²) in [6, 6.07) is 9.41. The summed E-state index contributed by atoms with van der Waals surface area (Å²) in [5.74, 6) is -1.61. The highest BCUT2D eigenvalue weighted by Gasteiger charge is 2.37. The number of nitrogens with zero attached hydrogens (tertiary/aromatic N) is 3. The maximum atomic E-state index is 13.5. The molecule has 0 bridgehead atoms. The van der Waals surface area contributed by atoms with Gasteiger partial charge < -0.3 is 14.2 Å². The first-order chi connectivity index (χ1) is 17.2. The van der Waals surface area contributed by atoms with Crippen LogP contribution in [-0.2, 0) is 22.5 Å². The smallest absolute Gasteiger partial charge is 0.383 e. The normalized spacial score (nSPS) is 15.0. The molecule has 2 aromatic heterocycles. The van der Waals surface area contributed by atoms with Crippen LogP contribution in [0.4, 0.5) is 13.2 Å². The van der Waals surface area contributed by atoms with E-state index in [0.29, 0.717) is 50.2 Å². The van der Waals surface area contributed by atoms with Crippen LogP contribution < -0.4 is 0 Å². The minimum Gasteiger partial charge on any atom is -0.383 e. The zero-order chi connectivity index (χ0) is 25.9. The number of piperidine rings is 1. The third-order valence-electron chi connectivity index (χ3n) is 6.87. The first-order valence-electron chi connectivity index (χ1n) is 12.1. The van der Waals surface area contributed by atoms with Gasteiger partial charge in [0.2, 0.25) is 5.78 Å². The number of alkyl halides is 3. The Morgan fingerprint density at radius 2 is 1.92 bits per heavy atom. The van der Waals surface area contributed by atoms with E-state index in [1.807, 2.05) is 36.2 Å². The van der Waals surface area contributed by atoms with E-state index in [2.05, 4.69) is 9.55 Å². The fraction of sp³-hybridized carbons (Fsp3) is 0.444. The first-order valence-corrected chi connectivity index (χ1v) is 12.1. The van der Waals surface area contributed by atoms with Crippen LogP contribution in [0.2, 0.25) is 0 Å². The average molecular weight is 502 g/mol. The van der Waals surface area contributed by atoms with Crippen LogP contribution in [0.5, 0.6) is 0 Å². The van der Waals surface area contributed by atoms with Gasteiger partial charge in [0.1, 0.15) is 0 Å². The lowest BCUT2D eigenvalue weighted by Gasteiger charge is -2.32. The molecule has 36 heavy (non-hydrogen) atoms. The molecular formula is C27H30F3N3O3. The van der Waals surface area contributed by atoms with Crippen LogP contribution in [0.1, 0.15) is 52.4 Å². The second-order valence-corrected chi connectivity index (χ2v) is 9.28. The summed E-state index contributed by atoms with van der Waals surface area (Å²) in [5, 5.41) is 0.931. The third kappa shape index (κ3) is 5.61. The summed E-state index contributed by atoms with van der Waals surface area (Å²) in [6.07, 6.45) is -0.426. The molecule has 3 aromatic rings. The molecule has 1 amide bonds. The molecule has 192 valence electrons. The molecule has 1 saturated heterocycles. The SMILES string of the molecule is COCCn1cc(C(=O)N2CCC(c3cc(CCC(=O)C(F)(F)F)ccn3)CC2)c2cccc(C)c21. The topological polar surface area (TPSA) is 64.4 Å². The Balaban J connectivity index is 1.43. The van der Waals surface area contributed by atoms with Crippen molar-refractivity contribution in [2.24, 2.45) is 0 Å². The number of ketones is 1. The number of likely N-dealkylation sites (tertiary alicyclic amines) is 1. The Labute approximate surface area is 208 Å². The Bertz CT molecular complexity index is 1240. The van der Waals surface area contributed by atoms with E-state index in [-0.39, 0.29) is 18.2 Å². The predicted octanol–water partition coefficient (Wildman–Crippen LogP) is 5.07. The number of hydrogen-bond acceptors (Lipinski definition) is 4. The van der Waals surface area contributed by atoms with Crippen LogP contribution in [0, 0.1) is 6.92 Å². The fourth-order valence-electron chi connectivity index (χ4n) is 4.91. The number of pyridine rings is 1. The number of ether oxygens (including phenoxy) is 1. The summed E-state index contributed by atoms with van der Waals surface area (Å²) in [6.45, 7) is 4.37. The molecule has 0 saturated carbocycles. The Hall–Kier alpha value is -3.20. The zero-order valence-electron chi connectivity index (χ0n) is 20.5. The van der Waals surface area contributed by atoms with Crippen LogP contribution in [0.3, 0.4) is 0 Å². The largest absolute Gasteiger partial charge is 0.449 e. The minimum atomic E-state index is -4.80. The molecule has 1 fully saturated rings. The van der Waals surface area contributed by atoms with Gasteiger partial charge in [-0.05, 0) is 49.4 Å². The summed E-state index contributed by atoms with van der Waals surface area (Å²) < 4.78 is 44.8. The minimum absolute atomic E-state index is 0.00686. The van der Waals surface area contributed by atoms with Gasteiger partial charge in [0.25, 0.3) is 5.91 Å². The van der Waals surface area contributed by atoms with Crippen molar-refractivity contribution < 1.29 is 27.5 Å². The molecule has 1 aromatic carbocycles. The van der Waals surface area contributed by atoms with Crippen molar-refractivity contribution in [1.29, 1.82) is 0 Å². The fourth-order valence-corrected chi connectivity index (χ4v) is 4.91. The number of benzene rings is 1. The third-order valence-corrected chi connectivity index (χ3v) is 6.87. The molecule has 0 spiro atoms. The number of Topliss-reactive ketones (excluding diaryl/α,β-unsaturated/α-hetero) is 1. The monoisotopic (exact) mass is 501 g/mol. The van der Waals surface area contributed by atoms with Crippen LogP contribution in [-0.4, -0.2) is 59.1 Å². The van der Waals surface area contributed by atoms with Crippen molar-refractivity contribution in [2.45, 2.75) is 51.2 Å². The molecule has 0 N–H and O–H groups in total. The van der Waals surface area contributed by atoms with Gasteiger partial charge in [0, 0.05) is 62.6 Å². The van der Waals surface area contributed by atoms with Gasteiger partial charge >= 0.3 is 6.18 Å². The van der Waals surface area contributed by atoms with Crippen molar-refractivity contribution in [3.63, 3.8) is 0 Å². The van der Waals surface area contributed by atoms with Gasteiger partial charge in [0.05, 0.1) is 17.7 Å². The average Bonchev–Trinajstić information content (AvgIpc) is 3.25. The maximum Gasteiger partial charge on any atom is 0.449 e. The van der Waals surface area contributed by atoms with Gasteiger partial charge in [-0.3, -0.25) is 14.6 Å². The van der Waals surface area contributed by atoms with Crippen LogP contribution in [0.15, 0.2) is 42.7 Å². The standard InChI is InChI=1S/C27H30F3N3O3/c1-18-4-3-5-21-22(17-33(25(18)21)14-15-36-2)26(35)32-12-9-20(10-13-32)23-16-19(8-11-31-23)6-7-24(34)27(28,29)30/h3-5,8,11,16-17,20H,6-7,9-10,12-15H2,1-2H3. The van der Waals surface area contributed by atoms with Crippen molar-refractivity contribution in [1.82, 2.24) is 14.5 Å². The van der Waals surface area contributed by atoms with Gasteiger partial charge in [-0.25, -0.2) is 0 Å². The van der Waals surface area contributed by atoms with E-state index in [1.165, 1.54) is 0 Å². The van der Waals surface area contributed by atoms with E-state index in [0.717, 1.165) is 22.2 Å². The van der Waals surface area contributed by atoms with E-state index in [1.54, 1.807) is 25.4 Å². The summed E-state index contributed by atoms with van der Waals surface area (Å²) in [4.78, 5) is 31.0. The van der Waals surface area contributed by atoms with Gasteiger partial charge in [0.15, 0.2) is 0 Å². The number of aromatic nitrogens is 2. The number of carbonyl (C=O) groups excluding carboxylic acids is 2. The van der Waals surface area contributed by atoms with E-state index >= 15 is 0 Å². The van der Waals surface area contributed by atoms with Crippen molar-refractivity contribution >= 4 is 22.6 Å². The lowest BCUT2D eigenvalue weighted by molar-refractivity contribution is -0.171. The predicted molar refractivity (Wildman–Crippen MR) is 130 cm³/mol. The summed E-state index contributed by atoms with van der Waals surface area (Å²) in [5.41, 5.74) is 4.28. The molecule has 4 rings (SSSR count). The molecule has 3 heterocycles. The molecule has 0 unspecified atom stereocenters. The number of fused-ring (bicyclic) bond motifs is 1. The molecule has 1 aliphatic heterocycles. The molecule has 0 atom stereocenters. The number of hydrogen-bond donors (Lipinski definition) is 0. The number of amides is 1. The molecule has 1 aliphatic rings. The Morgan fingerprint density at radius 1 is 1.17 bits per heavy atom. The molecule has 6 nitrogen and oxygen atoms in total. The van der Waals surface area contributed by atoms with E-state index in [4.69, 9.17) is 4.74 Å². The second-order valence-electron chi connectivity index (χ2n) is 9.28. The molecule has 9 heteroatoms. The Morgan fingerprint density at radius 3 is 2.61 bits per heavy atom. The highest BCUT2D eigenvalue weighted by atomic mass is 19.4. The maximum absolute atomic E-state index is 13.5. The Kier molecular flexibility index (Phi) is 7.78. The zero-order valence-corrected chi connectivity index (χ0v) is 20.5. The highest BCUT2D eigenvalue weighted by molar-refractivity contribution is 6.07. The molecule has 0 radical (unpaired) electrons. The lowest BCUT2D eigenvalue weighted by Crippen LogP contribution is -2.38. The van der Waals surface area contributed by atoms with Gasteiger partial charge in [-0.15, -0.1) is 0 Å². The number of aryl methyl sites for hydroxylation is 2. The highest BCUT2D eigenvalue weighted by Crippen LogP contribution is 2.31. The quantitative estimate of drug-likeness (QED) is 0.432. The van der Waals surface area contributed by atoms with Crippen molar-refractivity contribution in [2.75, 3.05) is 26.8 Å². The van der Waals surface area contributed by atoms with Gasteiger partial charge in [-0.2, -0.15) is 13.2 Å². The molecule has 0 aliphatic carbocycles.